The highest BCUT2D eigenvalue weighted by molar-refractivity contribution is 7.89. The van der Waals surface area contributed by atoms with E-state index in [1.807, 2.05) is 0 Å². The molecule has 6 nitrogen and oxygen atoms in total. The molecule has 0 spiro atoms. The molecular weight excluding hydrogens is 324 g/mol. The van der Waals surface area contributed by atoms with Gasteiger partial charge in [-0.2, -0.15) is 5.10 Å². The molecule has 2 N–H and O–H groups in total. The molecule has 0 radical (unpaired) electrons. The highest BCUT2D eigenvalue weighted by Crippen LogP contribution is 2.62. The van der Waals surface area contributed by atoms with E-state index >= 15 is 0 Å². The largest absolute Gasteiger partial charge is 0.263 e. The molecule has 2 aromatic rings. The maximum absolute atomic E-state index is 12.7. The van der Waals surface area contributed by atoms with Crippen LogP contribution in [0, 0.1) is 29.1 Å². The molecule has 3 aliphatic rings. The van der Waals surface area contributed by atoms with Gasteiger partial charge in [0.05, 0.1) is 5.39 Å². The standard InChI is InChI=1S/C17H24N4O2S/c1-10-11(7-12-8-14(10)17(12,2)3)9-19-24(22,23)16-13-5-4-6-18-15(13)20-21-16/h4-6,10-12,14,19H,7-9H2,1-3H3,(H,18,20,21)/t10-,11-,12-,14+/m0/s1. The highest BCUT2D eigenvalue weighted by atomic mass is 32.2. The number of H-pyrrole nitrogens is 1. The van der Waals surface area contributed by atoms with Crippen molar-refractivity contribution >= 4 is 21.1 Å². The first-order valence-corrected chi connectivity index (χ1v) is 10.1. The monoisotopic (exact) mass is 348 g/mol. The Morgan fingerprint density at radius 2 is 2.17 bits per heavy atom. The summed E-state index contributed by atoms with van der Waals surface area (Å²) in [7, 11) is -3.61. The van der Waals surface area contributed by atoms with Crippen LogP contribution in [0.4, 0.5) is 0 Å². The first-order valence-electron chi connectivity index (χ1n) is 8.59. The van der Waals surface area contributed by atoms with Gasteiger partial charge in [0, 0.05) is 12.7 Å². The van der Waals surface area contributed by atoms with Gasteiger partial charge in [-0.25, -0.2) is 18.1 Å². The minimum Gasteiger partial charge on any atom is -0.263 e. The molecule has 130 valence electrons. The predicted octanol–water partition coefficient (Wildman–Crippen LogP) is 2.55. The lowest BCUT2D eigenvalue weighted by atomic mass is 9.43. The lowest BCUT2D eigenvalue weighted by Crippen LogP contribution is -2.56. The summed E-state index contributed by atoms with van der Waals surface area (Å²) in [5.41, 5.74) is 0.840. The van der Waals surface area contributed by atoms with Crippen LogP contribution in [0.3, 0.4) is 0 Å². The second-order valence-electron chi connectivity index (χ2n) is 7.99. The summed E-state index contributed by atoms with van der Waals surface area (Å²) >= 11 is 0. The van der Waals surface area contributed by atoms with E-state index in [0.717, 1.165) is 12.3 Å². The molecule has 0 unspecified atom stereocenters. The smallest absolute Gasteiger partial charge is 0.258 e. The second kappa shape index (κ2) is 5.26. The Bertz CT molecular complexity index is 874. The van der Waals surface area contributed by atoms with Crippen molar-refractivity contribution in [3.63, 3.8) is 0 Å². The first-order chi connectivity index (χ1) is 11.3. The Kier molecular flexibility index (Phi) is 3.51. The van der Waals surface area contributed by atoms with Gasteiger partial charge >= 0.3 is 0 Å². The van der Waals surface area contributed by atoms with Crippen molar-refractivity contribution in [2.75, 3.05) is 6.54 Å². The SMILES string of the molecule is C[C@H]1[C@H](CNS(=O)(=O)c2[nH]nc3ncccc23)C[C@H]2C[C@H]1C2(C)C. The van der Waals surface area contributed by atoms with Crippen molar-refractivity contribution in [3.05, 3.63) is 18.3 Å². The zero-order valence-corrected chi connectivity index (χ0v) is 15.1. The average Bonchev–Trinajstić information content (AvgIpc) is 2.98. The third-order valence-corrected chi connectivity index (χ3v) is 8.01. The van der Waals surface area contributed by atoms with Gasteiger partial charge in [0.2, 0.25) is 0 Å². The summed E-state index contributed by atoms with van der Waals surface area (Å²) in [5.74, 6) is 2.39. The molecule has 0 amide bonds. The Labute approximate surface area is 142 Å². The molecule has 2 aromatic heterocycles. The first kappa shape index (κ1) is 16.0. The molecule has 3 aliphatic carbocycles. The summed E-state index contributed by atoms with van der Waals surface area (Å²) in [6, 6.07) is 3.44. The molecule has 24 heavy (non-hydrogen) atoms. The summed E-state index contributed by atoms with van der Waals surface area (Å²) in [4.78, 5) is 4.07. The van der Waals surface area contributed by atoms with Crippen LogP contribution in [0.5, 0.6) is 0 Å². The summed E-state index contributed by atoms with van der Waals surface area (Å²) in [5, 5.41) is 7.24. The minimum absolute atomic E-state index is 0.111. The molecule has 5 rings (SSSR count). The minimum atomic E-state index is -3.61. The summed E-state index contributed by atoms with van der Waals surface area (Å²) < 4.78 is 28.1. The number of hydrogen-bond donors (Lipinski definition) is 2. The number of sulfonamides is 1. The van der Waals surface area contributed by atoms with Crippen molar-refractivity contribution in [3.8, 4) is 0 Å². The molecular formula is C17H24N4O2S. The molecule has 2 heterocycles. The van der Waals surface area contributed by atoms with Crippen molar-refractivity contribution in [1.82, 2.24) is 19.9 Å². The molecule has 4 atom stereocenters. The number of aromatic nitrogens is 3. The summed E-state index contributed by atoms with van der Waals surface area (Å²) in [6.45, 7) is 7.47. The van der Waals surface area contributed by atoms with E-state index in [2.05, 4.69) is 40.7 Å². The molecule has 3 saturated carbocycles. The number of fused-ring (bicyclic) bond motifs is 3. The van der Waals surface area contributed by atoms with Crippen LogP contribution >= 0.6 is 0 Å². The normalized spacial score (nSPS) is 31.8. The molecule has 7 heteroatoms. The van der Waals surface area contributed by atoms with Crippen molar-refractivity contribution in [2.24, 2.45) is 29.1 Å². The van der Waals surface area contributed by atoms with E-state index in [1.165, 1.54) is 6.42 Å². The van der Waals surface area contributed by atoms with E-state index in [9.17, 15) is 8.42 Å². The fourth-order valence-electron chi connectivity index (χ4n) is 4.85. The van der Waals surface area contributed by atoms with Gasteiger partial charge in [-0.3, -0.25) is 5.10 Å². The summed E-state index contributed by atoms with van der Waals surface area (Å²) in [6.07, 6.45) is 4.01. The van der Waals surface area contributed by atoms with E-state index in [4.69, 9.17) is 0 Å². The van der Waals surface area contributed by atoms with E-state index in [0.29, 0.717) is 40.7 Å². The van der Waals surface area contributed by atoms with Gasteiger partial charge in [0.25, 0.3) is 10.0 Å². The second-order valence-corrected chi connectivity index (χ2v) is 9.70. The Morgan fingerprint density at radius 1 is 1.38 bits per heavy atom. The number of aromatic amines is 1. The van der Waals surface area contributed by atoms with Gasteiger partial charge in [0.1, 0.15) is 0 Å². The van der Waals surface area contributed by atoms with Crippen LogP contribution in [0.1, 0.15) is 33.6 Å². The Morgan fingerprint density at radius 3 is 2.88 bits per heavy atom. The third kappa shape index (κ3) is 2.29. The van der Waals surface area contributed by atoms with E-state index in [-0.39, 0.29) is 5.03 Å². The molecule has 0 saturated heterocycles. The number of nitrogens with zero attached hydrogens (tertiary/aromatic N) is 2. The van der Waals surface area contributed by atoms with Gasteiger partial charge in [-0.1, -0.05) is 20.8 Å². The highest BCUT2D eigenvalue weighted by Gasteiger charge is 2.56. The van der Waals surface area contributed by atoms with Crippen molar-refractivity contribution in [1.29, 1.82) is 0 Å². The third-order valence-electron chi connectivity index (χ3n) is 6.61. The maximum atomic E-state index is 12.7. The zero-order valence-electron chi connectivity index (χ0n) is 14.3. The number of pyridine rings is 1. The van der Waals surface area contributed by atoms with Crippen LogP contribution in [-0.2, 0) is 10.0 Å². The van der Waals surface area contributed by atoms with Gasteiger partial charge in [-0.05, 0) is 54.1 Å². The van der Waals surface area contributed by atoms with Crippen LogP contribution in [-0.4, -0.2) is 30.1 Å². The van der Waals surface area contributed by atoms with Gasteiger partial charge in [-0.15, -0.1) is 0 Å². The van der Waals surface area contributed by atoms with Gasteiger partial charge in [0.15, 0.2) is 10.7 Å². The van der Waals surface area contributed by atoms with Crippen LogP contribution in [0.15, 0.2) is 23.4 Å². The van der Waals surface area contributed by atoms with Crippen molar-refractivity contribution < 1.29 is 8.42 Å². The lowest BCUT2D eigenvalue weighted by molar-refractivity contribution is -0.126. The van der Waals surface area contributed by atoms with Gasteiger partial charge < -0.3 is 0 Å². The Hall–Kier alpha value is -1.47. The topological polar surface area (TPSA) is 87.7 Å². The fraction of sp³-hybridized carbons (Fsp3) is 0.647. The zero-order chi connectivity index (χ0) is 17.1. The van der Waals surface area contributed by atoms with Crippen molar-refractivity contribution in [2.45, 2.75) is 38.6 Å². The molecule has 3 fully saturated rings. The molecule has 2 bridgehead atoms. The van der Waals surface area contributed by atoms with E-state index < -0.39 is 10.0 Å². The lowest BCUT2D eigenvalue weighted by Gasteiger charge is -2.62. The number of nitrogens with one attached hydrogen (secondary N) is 2. The van der Waals surface area contributed by atoms with Crippen LogP contribution < -0.4 is 4.72 Å². The number of hydrogen-bond acceptors (Lipinski definition) is 4. The van der Waals surface area contributed by atoms with E-state index in [1.54, 1.807) is 18.3 Å². The molecule has 0 aliphatic heterocycles. The van der Waals surface area contributed by atoms with Crippen LogP contribution in [0.2, 0.25) is 0 Å². The molecule has 0 aromatic carbocycles. The quantitative estimate of drug-likeness (QED) is 0.889. The average molecular weight is 348 g/mol. The predicted molar refractivity (Wildman–Crippen MR) is 91.7 cm³/mol. The number of rotatable bonds is 4. The fourth-order valence-corrected chi connectivity index (χ4v) is 6.04. The van der Waals surface area contributed by atoms with Crippen LogP contribution in [0.25, 0.3) is 11.0 Å². The maximum Gasteiger partial charge on any atom is 0.258 e. The Balaban J connectivity index is 1.50.